The molecule has 1 fully saturated rings. The number of aliphatic hydroxyl groups excluding tert-OH is 1. The quantitative estimate of drug-likeness (QED) is 0.0258. The predicted molar refractivity (Wildman–Crippen MR) is 525 cm³/mol. The van der Waals surface area contributed by atoms with Gasteiger partial charge in [0.05, 0.1) is 22.3 Å². The van der Waals surface area contributed by atoms with Crippen LogP contribution in [0.4, 0.5) is 0 Å². The zero-order chi connectivity index (χ0) is 96.1. The first-order valence-corrected chi connectivity index (χ1v) is 45.8. The van der Waals surface area contributed by atoms with Crippen LogP contribution in [0.1, 0.15) is 143 Å². The molecule has 1 aliphatic heterocycles. The highest BCUT2D eigenvalue weighted by Gasteiger charge is 2.55. The molecule has 0 bridgehead atoms. The van der Waals surface area contributed by atoms with Crippen molar-refractivity contribution in [1.29, 1.82) is 0 Å². The lowest BCUT2D eigenvalue weighted by Gasteiger charge is -2.48. The van der Waals surface area contributed by atoms with Crippen LogP contribution in [0.2, 0.25) is 0 Å². The molecule has 0 amide bonds. The molecule has 1 unspecified atom stereocenters. The molecular formula is C118H100O22. The number of hydrogen-bond donors (Lipinski definition) is 4. The van der Waals surface area contributed by atoms with E-state index in [2.05, 4.69) is 0 Å². The van der Waals surface area contributed by atoms with Crippen LogP contribution in [0.3, 0.4) is 0 Å². The summed E-state index contributed by atoms with van der Waals surface area (Å²) in [5.74, 6) is -14.4. The molecule has 0 spiro atoms. The molecule has 1 heterocycles. The lowest BCUT2D eigenvalue weighted by atomic mass is 9.64. The first-order chi connectivity index (χ1) is 68.8. The summed E-state index contributed by atoms with van der Waals surface area (Å²) in [4.78, 5) is 64.2. The second-order valence-corrected chi connectivity index (χ2v) is 33.2. The van der Waals surface area contributed by atoms with Crippen LogP contribution in [0.25, 0.3) is 0 Å². The number of hydrogen-bond acceptors (Lipinski definition) is 19. The smallest absolute Gasteiger partial charge is 0.338 e. The van der Waals surface area contributed by atoms with Gasteiger partial charge in [0.25, 0.3) is 0 Å². The fraction of sp³-hybridized carbons (Fsp3) is 0.153. The van der Waals surface area contributed by atoms with Gasteiger partial charge in [-0.1, -0.05) is 364 Å². The molecule has 704 valence electrons. The number of ether oxygens (including phenoxy) is 14. The number of aromatic carboxylic acids is 3. The Morgan fingerprint density at radius 3 is 0.629 bits per heavy atom. The summed E-state index contributed by atoms with van der Waals surface area (Å²) >= 11 is 0. The van der Waals surface area contributed by atoms with Crippen molar-refractivity contribution in [3.8, 4) is 69.0 Å². The highest BCUT2D eigenvalue weighted by molar-refractivity contribution is 5.96. The average Bonchev–Trinajstić information content (AvgIpc) is 0.707. The fourth-order valence-corrected chi connectivity index (χ4v) is 16.8. The van der Waals surface area contributed by atoms with Gasteiger partial charge in [0.15, 0.2) is 52.3 Å². The minimum atomic E-state index is -2.48. The van der Waals surface area contributed by atoms with Crippen molar-refractivity contribution < 1.29 is 106 Å². The van der Waals surface area contributed by atoms with Gasteiger partial charge < -0.3 is 86.7 Å². The van der Waals surface area contributed by atoms with E-state index in [1.807, 2.05) is 291 Å². The summed E-state index contributed by atoms with van der Waals surface area (Å²) in [6.07, 6.45) is -4.49. The van der Waals surface area contributed by atoms with Crippen molar-refractivity contribution >= 4 is 23.9 Å². The van der Waals surface area contributed by atoms with Gasteiger partial charge in [0, 0.05) is 34.4 Å². The molecule has 5 atom stereocenters. The molecule has 17 rings (SSSR count). The number of carboxylic acid groups (broad SMARTS) is 3. The molecule has 22 heteroatoms. The van der Waals surface area contributed by atoms with Crippen molar-refractivity contribution in [2.24, 2.45) is 0 Å². The number of carboxylic acids is 3. The minimum absolute atomic E-state index is 0.0168. The Hall–Kier alpha value is -17.1. The molecule has 1 aliphatic rings. The first kappa shape index (κ1) is 94.7. The number of esters is 1. The van der Waals surface area contributed by atoms with Crippen molar-refractivity contribution in [3.63, 3.8) is 0 Å². The number of carbonyl (C=O) groups is 4. The Labute approximate surface area is 810 Å². The lowest BCUT2D eigenvalue weighted by molar-refractivity contribution is -0.198. The maximum atomic E-state index is 16.5. The lowest BCUT2D eigenvalue weighted by Crippen LogP contribution is -2.48. The van der Waals surface area contributed by atoms with Crippen LogP contribution < -0.4 is 56.8 Å². The molecule has 22 nitrogen and oxygen atoms in total. The van der Waals surface area contributed by atoms with Gasteiger partial charge in [0.2, 0.25) is 23.0 Å². The van der Waals surface area contributed by atoms with Gasteiger partial charge in [-0.2, -0.15) is 0 Å². The van der Waals surface area contributed by atoms with E-state index in [9.17, 15) is 20.4 Å². The van der Waals surface area contributed by atoms with E-state index in [0.29, 0.717) is 50.1 Å². The van der Waals surface area contributed by atoms with E-state index < -0.39 is 88.4 Å². The van der Waals surface area contributed by atoms with Gasteiger partial charge in [0.1, 0.15) is 92.0 Å². The number of benzene rings is 16. The minimum Gasteiger partial charge on any atom is -0.485 e. The largest absolute Gasteiger partial charge is 0.485 e. The SMILES string of the molecule is O=C(OC[C@@H]1OC(O)[C@@H](c2c(C(=O)O)cc(OCc3ccccc3)c(OCc3ccccc3)c2OCc2ccccc2)[C@@H](c2c(C(=O)O)cc(OCc3ccccc3)c(OCc3ccccc3)c2OCc2ccccc2)[C@@H]1c1c(C(=O)O)cc(OCc2ccccc2)c(OCc2ccccc2)c1OCc1ccccc1)c1cc(OCc2ccccc2)c(OCc2ccccc2)c(OCc2ccccc2)c1. The monoisotopic (exact) mass is 1870 g/mol. The van der Waals surface area contributed by atoms with Crippen molar-refractivity contribution in [2.75, 3.05) is 6.61 Å². The van der Waals surface area contributed by atoms with Crippen LogP contribution in [0.15, 0.2) is 394 Å². The van der Waals surface area contributed by atoms with E-state index in [4.69, 9.17) is 66.3 Å². The second-order valence-electron chi connectivity index (χ2n) is 33.2. The van der Waals surface area contributed by atoms with Gasteiger partial charge in [-0.3, -0.25) is 0 Å². The maximum Gasteiger partial charge on any atom is 0.338 e. The van der Waals surface area contributed by atoms with Crippen LogP contribution in [0.5, 0.6) is 69.0 Å². The summed E-state index contributed by atoms with van der Waals surface area (Å²) < 4.78 is 99.2. The summed E-state index contributed by atoms with van der Waals surface area (Å²) in [5, 5.41) is 53.5. The number of carbonyl (C=O) groups excluding carboxylic acids is 1. The van der Waals surface area contributed by atoms with Crippen molar-refractivity contribution in [2.45, 2.75) is 109 Å². The Kier molecular flexibility index (Phi) is 31.7. The van der Waals surface area contributed by atoms with Crippen LogP contribution in [-0.4, -0.2) is 63.3 Å². The number of aliphatic hydroxyl groups is 1. The zero-order valence-electron chi connectivity index (χ0n) is 76.2. The molecule has 0 aliphatic carbocycles. The maximum absolute atomic E-state index is 16.5. The molecule has 0 saturated carbocycles. The van der Waals surface area contributed by atoms with E-state index in [1.165, 1.54) is 30.3 Å². The highest BCUT2D eigenvalue weighted by Crippen LogP contribution is 2.64. The van der Waals surface area contributed by atoms with Gasteiger partial charge in [-0.05, 0) is 97.1 Å². The third-order valence-corrected chi connectivity index (χ3v) is 23.6. The number of rotatable bonds is 45. The van der Waals surface area contributed by atoms with Crippen LogP contribution in [-0.2, 0) is 88.8 Å². The predicted octanol–water partition coefficient (Wildman–Crippen LogP) is 24.0. The fourth-order valence-electron chi connectivity index (χ4n) is 16.8. The molecule has 0 radical (unpaired) electrons. The van der Waals surface area contributed by atoms with Gasteiger partial charge in [-0.25, -0.2) is 19.2 Å². The topological polar surface area (TPSA) is 278 Å². The molecule has 1 saturated heterocycles. The normalized spacial score (nSPS) is 14.2. The Bertz CT molecular complexity index is 6720. The third kappa shape index (κ3) is 24.2. The van der Waals surface area contributed by atoms with E-state index in [-0.39, 0.29) is 159 Å². The first-order valence-electron chi connectivity index (χ1n) is 45.8. The summed E-state index contributed by atoms with van der Waals surface area (Å²) in [6.45, 7) is -3.42. The third-order valence-electron chi connectivity index (χ3n) is 23.6. The molecule has 0 aromatic heterocycles. The van der Waals surface area contributed by atoms with Gasteiger partial charge >= 0.3 is 23.9 Å². The molecule has 16 aromatic rings. The molecule has 16 aromatic carbocycles. The Balaban J connectivity index is 0.989. The zero-order valence-corrected chi connectivity index (χ0v) is 76.2. The Morgan fingerprint density at radius 2 is 0.407 bits per heavy atom. The standard InChI is InChI=1S/C118H100O22/c119-114(120)92-63-97(129-68-81-41-17-3-18-42-81)108(133-72-85-49-25-7-26-50-85)111(136-75-88-55-31-10-32-56-88)101(92)104-100(78-139-117(125)91-61-95(127-66-79-37-13-1-14-38-79)107(132-71-84-47-23-6-24-48-84)96(62-91)128-67-80-39-15-2-16-40-80)140-118(126)106(103-94(116(123)124)65-99(131-70-83-45-21-5-22-46-83)110(135-74-87-53-29-9-30-54-87)113(103)138-77-90-59-35-12-36-60-90)105(104)102-93(115(121)122)64-98(130-69-82-43-19-4-20-44-82)109(134-73-86-51-27-8-28-52-86)112(102)137-76-89-57-33-11-34-58-89/h1-65,100,104-106,118,126H,66-78H2,(H,119,120)(H,121,122)(H,123,124)/t100-,104-,105-,106-,118?/m0/s1. The molecular weight excluding hydrogens is 1770 g/mol. The average molecular weight is 1870 g/mol. The highest BCUT2D eigenvalue weighted by atomic mass is 16.6. The van der Waals surface area contributed by atoms with Gasteiger partial charge in [-0.15, -0.1) is 0 Å². The Morgan fingerprint density at radius 1 is 0.221 bits per heavy atom. The summed E-state index contributed by atoms with van der Waals surface area (Å²) in [7, 11) is 0. The summed E-state index contributed by atoms with van der Waals surface area (Å²) in [5.41, 5.74) is 4.53. The van der Waals surface area contributed by atoms with Crippen molar-refractivity contribution in [1.82, 2.24) is 0 Å². The molecule has 140 heavy (non-hydrogen) atoms. The summed E-state index contributed by atoms with van der Waals surface area (Å²) in [6, 6.07) is 116. The van der Waals surface area contributed by atoms with Crippen LogP contribution in [0, 0.1) is 0 Å². The van der Waals surface area contributed by atoms with E-state index in [0.717, 1.165) is 16.7 Å². The van der Waals surface area contributed by atoms with E-state index in [1.54, 1.807) is 72.8 Å². The molecule has 4 N–H and O–H groups in total. The van der Waals surface area contributed by atoms with Crippen molar-refractivity contribution in [3.05, 3.63) is 500 Å². The van der Waals surface area contributed by atoms with E-state index >= 15 is 19.2 Å². The van der Waals surface area contributed by atoms with Crippen LogP contribution >= 0.6 is 0 Å². The second kappa shape index (κ2) is 46.9.